The Morgan fingerprint density at radius 1 is 1.18 bits per heavy atom. The van der Waals surface area contributed by atoms with Crippen molar-refractivity contribution in [1.29, 1.82) is 0 Å². The molecule has 1 atom stereocenters. The quantitative estimate of drug-likeness (QED) is 0.241. The molecule has 1 N–H and O–H groups in total. The van der Waals surface area contributed by atoms with Crippen LogP contribution < -0.4 is 20.5 Å². The second-order valence-electron chi connectivity index (χ2n) is 7.57. The third-order valence-corrected chi connectivity index (χ3v) is 5.26. The molecular weight excluding hydrogens is 446 g/mol. The number of nitrogens with zero attached hydrogens (tertiary/aromatic N) is 2. The summed E-state index contributed by atoms with van der Waals surface area (Å²) in [7, 11) is 3.14. The average Bonchev–Trinajstić information content (AvgIpc) is 3.13. The fourth-order valence-electron chi connectivity index (χ4n) is 3.48. The van der Waals surface area contributed by atoms with Crippen molar-refractivity contribution in [3.05, 3.63) is 62.6 Å². The number of hydrogen-bond acceptors (Lipinski definition) is 8. The summed E-state index contributed by atoms with van der Waals surface area (Å²) in [5.74, 6) is 0.346. The van der Waals surface area contributed by atoms with Crippen molar-refractivity contribution < 1.29 is 28.3 Å². The predicted octanol–water partition coefficient (Wildman–Crippen LogP) is 3.19. The number of fused-ring (bicyclic) bond motifs is 1. The van der Waals surface area contributed by atoms with E-state index in [9.17, 15) is 19.7 Å². The predicted molar refractivity (Wildman–Crippen MR) is 123 cm³/mol. The zero-order valence-corrected chi connectivity index (χ0v) is 19.2. The number of nitrogens with one attached hydrogen (secondary N) is 1. The molecule has 0 fully saturated rings. The first kappa shape index (κ1) is 24.8. The van der Waals surface area contributed by atoms with Gasteiger partial charge < -0.3 is 23.9 Å². The maximum Gasteiger partial charge on any atom is 0.419 e. The number of carbonyl (C=O) groups is 1. The van der Waals surface area contributed by atoms with Crippen LogP contribution >= 0.6 is 0 Å². The number of aromatic nitrogens is 1. The second-order valence-corrected chi connectivity index (χ2v) is 7.57. The van der Waals surface area contributed by atoms with Crippen LogP contribution in [0.15, 0.2) is 45.6 Å². The summed E-state index contributed by atoms with van der Waals surface area (Å²) >= 11 is 0. The highest BCUT2D eigenvalue weighted by Gasteiger charge is 2.16. The number of nitro benzene ring substituents is 1. The third kappa shape index (κ3) is 5.93. The fraction of sp³-hybridized carbons (Fsp3) is 0.391. The van der Waals surface area contributed by atoms with Crippen LogP contribution in [0.25, 0.3) is 11.1 Å². The number of nitro groups is 1. The van der Waals surface area contributed by atoms with Crippen molar-refractivity contribution in [2.75, 3.05) is 27.4 Å². The van der Waals surface area contributed by atoms with Gasteiger partial charge in [0.2, 0.25) is 5.91 Å². The largest absolute Gasteiger partial charge is 0.493 e. The number of hydrogen-bond donors (Lipinski definition) is 1. The van der Waals surface area contributed by atoms with Gasteiger partial charge in [0, 0.05) is 26.1 Å². The molecular formula is C23H27N3O8. The van der Waals surface area contributed by atoms with Crippen molar-refractivity contribution in [2.45, 2.75) is 32.4 Å². The zero-order valence-electron chi connectivity index (χ0n) is 19.2. The van der Waals surface area contributed by atoms with Gasteiger partial charge >= 0.3 is 5.76 Å². The van der Waals surface area contributed by atoms with Crippen LogP contribution in [0, 0.1) is 10.1 Å². The van der Waals surface area contributed by atoms with Gasteiger partial charge in [-0.15, -0.1) is 0 Å². The standard InChI is InChI=1S/C23H27N3O8/c1-15(16-6-9-19(21(13-16)32-3)33-12-11-31-2)24-22(27)5-4-10-25-18-8-7-17(26(29)30)14-20(18)34-23(25)28/h6-9,13-15H,4-5,10-12H2,1-3H3,(H,24,27). The molecule has 0 saturated carbocycles. The van der Waals surface area contributed by atoms with Gasteiger partial charge in [0.05, 0.1) is 36.3 Å². The average molecular weight is 473 g/mol. The number of benzene rings is 2. The summed E-state index contributed by atoms with van der Waals surface area (Å²) in [5, 5.41) is 13.8. The molecule has 1 amide bonds. The first-order valence-electron chi connectivity index (χ1n) is 10.7. The summed E-state index contributed by atoms with van der Waals surface area (Å²) in [5.41, 5.74) is 1.28. The highest BCUT2D eigenvalue weighted by Crippen LogP contribution is 2.30. The Hall–Kier alpha value is -3.86. The molecule has 0 saturated heterocycles. The lowest BCUT2D eigenvalue weighted by atomic mass is 10.1. The maximum atomic E-state index is 12.5. The Bertz CT molecular complexity index is 1220. The topological polar surface area (TPSA) is 135 Å². The number of oxazole rings is 1. The summed E-state index contributed by atoms with van der Waals surface area (Å²) in [6.45, 7) is 2.95. The minimum Gasteiger partial charge on any atom is -0.493 e. The minimum absolute atomic E-state index is 0.140. The van der Waals surface area contributed by atoms with Crippen LogP contribution in [0.1, 0.15) is 31.4 Å². The summed E-state index contributed by atoms with van der Waals surface area (Å²) < 4.78 is 22.5. The van der Waals surface area contributed by atoms with Gasteiger partial charge in [-0.1, -0.05) is 6.07 Å². The number of aryl methyl sites for hydroxylation is 1. The molecule has 1 heterocycles. The fourth-order valence-corrected chi connectivity index (χ4v) is 3.48. The van der Waals surface area contributed by atoms with Crippen LogP contribution in [0.2, 0.25) is 0 Å². The normalized spacial score (nSPS) is 11.9. The summed E-state index contributed by atoms with van der Waals surface area (Å²) in [6, 6.07) is 9.17. The molecule has 11 nitrogen and oxygen atoms in total. The lowest BCUT2D eigenvalue weighted by molar-refractivity contribution is -0.384. The van der Waals surface area contributed by atoms with Crippen molar-refractivity contribution in [3.8, 4) is 11.5 Å². The van der Waals surface area contributed by atoms with Crippen LogP contribution in [0.5, 0.6) is 11.5 Å². The van der Waals surface area contributed by atoms with Gasteiger partial charge in [0.25, 0.3) is 5.69 Å². The van der Waals surface area contributed by atoms with Gasteiger partial charge in [-0.2, -0.15) is 0 Å². The molecule has 3 aromatic rings. The van der Waals surface area contributed by atoms with E-state index in [0.717, 1.165) is 5.56 Å². The highest BCUT2D eigenvalue weighted by atomic mass is 16.6. The van der Waals surface area contributed by atoms with Gasteiger partial charge in [0.1, 0.15) is 6.61 Å². The van der Waals surface area contributed by atoms with Crippen molar-refractivity contribution in [3.63, 3.8) is 0 Å². The summed E-state index contributed by atoms with van der Waals surface area (Å²) in [4.78, 5) is 34.9. The van der Waals surface area contributed by atoms with Crippen LogP contribution in [-0.4, -0.2) is 42.8 Å². The molecule has 34 heavy (non-hydrogen) atoms. The minimum atomic E-state index is -0.621. The number of non-ortho nitro benzene ring substituents is 1. The van der Waals surface area contributed by atoms with Crippen LogP contribution in [0.3, 0.4) is 0 Å². The van der Waals surface area contributed by atoms with E-state index in [2.05, 4.69) is 5.32 Å². The number of ether oxygens (including phenoxy) is 3. The SMILES string of the molecule is COCCOc1ccc(C(C)NC(=O)CCCn2c(=O)oc3cc([N+](=O)[O-])ccc32)cc1OC. The third-order valence-electron chi connectivity index (χ3n) is 5.26. The molecule has 0 aliphatic heterocycles. The lowest BCUT2D eigenvalue weighted by Crippen LogP contribution is -2.27. The Morgan fingerprint density at radius 3 is 2.68 bits per heavy atom. The number of methoxy groups -OCH3 is 2. The number of amides is 1. The molecule has 0 bridgehead atoms. The van der Waals surface area contributed by atoms with E-state index in [-0.39, 0.29) is 36.2 Å². The number of rotatable bonds is 12. The second kappa shape index (κ2) is 11.3. The Labute approximate surface area is 195 Å². The van der Waals surface area contributed by atoms with Crippen molar-refractivity contribution in [1.82, 2.24) is 9.88 Å². The van der Waals surface area contributed by atoms with Gasteiger partial charge in [-0.25, -0.2) is 4.79 Å². The Balaban J connectivity index is 1.56. The molecule has 3 rings (SSSR count). The Kier molecular flexibility index (Phi) is 8.25. The van der Waals surface area contributed by atoms with Gasteiger partial charge in [-0.3, -0.25) is 19.5 Å². The molecule has 1 aromatic heterocycles. The van der Waals surface area contributed by atoms with E-state index in [0.29, 0.717) is 36.7 Å². The van der Waals surface area contributed by atoms with E-state index in [1.807, 2.05) is 19.1 Å². The molecule has 2 aromatic carbocycles. The lowest BCUT2D eigenvalue weighted by Gasteiger charge is -2.17. The van der Waals surface area contributed by atoms with E-state index in [4.69, 9.17) is 18.6 Å². The van der Waals surface area contributed by atoms with Crippen molar-refractivity contribution in [2.24, 2.45) is 0 Å². The van der Waals surface area contributed by atoms with E-state index >= 15 is 0 Å². The Morgan fingerprint density at radius 2 is 1.97 bits per heavy atom. The van der Waals surface area contributed by atoms with E-state index in [1.54, 1.807) is 20.3 Å². The first-order chi connectivity index (χ1) is 16.3. The first-order valence-corrected chi connectivity index (χ1v) is 10.7. The molecule has 0 aliphatic rings. The van der Waals surface area contributed by atoms with Gasteiger partial charge in [-0.05, 0) is 37.1 Å². The molecule has 0 aliphatic carbocycles. The van der Waals surface area contributed by atoms with E-state index in [1.165, 1.54) is 22.8 Å². The smallest absolute Gasteiger partial charge is 0.419 e. The van der Waals surface area contributed by atoms with E-state index < -0.39 is 10.7 Å². The summed E-state index contributed by atoms with van der Waals surface area (Å²) in [6.07, 6.45) is 0.575. The van der Waals surface area contributed by atoms with Crippen LogP contribution in [-0.2, 0) is 16.1 Å². The number of carbonyl (C=O) groups excluding carboxylic acids is 1. The van der Waals surface area contributed by atoms with Gasteiger partial charge in [0.15, 0.2) is 17.1 Å². The van der Waals surface area contributed by atoms with Crippen LogP contribution in [0.4, 0.5) is 5.69 Å². The molecule has 1 unspecified atom stereocenters. The monoisotopic (exact) mass is 473 g/mol. The maximum absolute atomic E-state index is 12.5. The van der Waals surface area contributed by atoms with Crippen molar-refractivity contribution >= 4 is 22.7 Å². The molecule has 11 heteroatoms. The molecule has 0 spiro atoms. The zero-order chi connectivity index (χ0) is 24.7. The highest BCUT2D eigenvalue weighted by molar-refractivity contribution is 5.77. The molecule has 182 valence electrons. The molecule has 0 radical (unpaired) electrons.